The number of hydrogen-bond donors (Lipinski definition) is 1. The zero-order chi connectivity index (χ0) is 14.3. The van der Waals surface area contributed by atoms with Gasteiger partial charge in [-0.15, -0.1) is 0 Å². The summed E-state index contributed by atoms with van der Waals surface area (Å²) >= 11 is 0. The molecule has 0 bridgehead atoms. The third kappa shape index (κ3) is 4.58. The molecule has 108 valence electrons. The summed E-state index contributed by atoms with van der Waals surface area (Å²) in [7, 11) is -0.319. The molecule has 0 aromatic heterocycles. The lowest BCUT2D eigenvalue weighted by Crippen LogP contribution is -2.30. The molecule has 0 saturated carbocycles. The van der Waals surface area contributed by atoms with Crippen LogP contribution in [0.5, 0.6) is 0 Å². The molecule has 0 saturated heterocycles. The number of ether oxygens (including phenoxy) is 1. The van der Waals surface area contributed by atoms with E-state index in [0.717, 1.165) is 18.4 Å². The van der Waals surface area contributed by atoms with Gasteiger partial charge in [-0.2, -0.15) is 4.31 Å². The molecule has 0 spiro atoms. The highest BCUT2D eigenvalue weighted by molar-refractivity contribution is 7.89. The lowest BCUT2D eigenvalue weighted by molar-refractivity contribution is 0.185. The van der Waals surface area contributed by atoms with Gasteiger partial charge >= 0.3 is 0 Å². The summed E-state index contributed by atoms with van der Waals surface area (Å²) in [5.41, 5.74) is 6.55. The third-order valence-corrected chi connectivity index (χ3v) is 4.78. The second-order valence-corrected chi connectivity index (χ2v) is 6.40. The Balaban J connectivity index is 2.78. The van der Waals surface area contributed by atoms with Crippen LogP contribution in [0.2, 0.25) is 0 Å². The van der Waals surface area contributed by atoms with Gasteiger partial charge in [-0.05, 0) is 37.1 Å². The van der Waals surface area contributed by atoms with E-state index < -0.39 is 10.0 Å². The van der Waals surface area contributed by atoms with Crippen molar-refractivity contribution in [2.45, 2.75) is 17.7 Å². The van der Waals surface area contributed by atoms with Crippen LogP contribution in [0.4, 0.5) is 0 Å². The van der Waals surface area contributed by atoms with E-state index in [-0.39, 0.29) is 0 Å². The summed E-state index contributed by atoms with van der Waals surface area (Å²) in [6.45, 7) is 1.36. The second-order valence-electron chi connectivity index (χ2n) is 4.36. The van der Waals surface area contributed by atoms with Gasteiger partial charge in [0.2, 0.25) is 10.0 Å². The summed E-state index contributed by atoms with van der Waals surface area (Å²) in [6, 6.07) is 6.97. The Kier molecular flexibility index (Phi) is 6.44. The largest absolute Gasteiger partial charge is 0.383 e. The Bertz CT molecular complexity index is 471. The average Bonchev–Trinajstić information content (AvgIpc) is 2.42. The molecule has 0 aliphatic carbocycles. The zero-order valence-electron chi connectivity index (χ0n) is 11.5. The highest BCUT2D eigenvalue weighted by atomic mass is 32.2. The number of benzene rings is 1. The van der Waals surface area contributed by atoms with Crippen molar-refractivity contribution in [1.29, 1.82) is 0 Å². The van der Waals surface area contributed by atoms with Gasteiger partial charge in [-0.1, -0.05) is 12.1 Å². The minimum Gasteiger partial charge on any atom is -0.383 e. The van der Waals surface area contributed by atoms with Gasteiger partial charge in [0.1, 0.15) is 0 Å². The summed E-state index contributed by atoms with van der Waals surface area (Å²) in [6.07, 6.45) is 1.77. The van der Waals surface area contributed by atoms with Crippen molar-refractivity contribution in [3.8, 4) is 0 Å². The third-order valence-electron chi connectivity index (χ3n) is 2.91. The minimum absolute atomic E-state index is 0.308. The SMILES string of the molecule is COCCN(C)S(=O)(=O)c1ccc(CCCN)cc1. The van der Waals surface area contributed by atoms with Crippen LogP contribution in [0.3, 0.4) is 0 Å². The summed E-state index contributed by atoms with van der Waals surface area (Å²) in [4.78, 5) is 0.308. The first-order valence-electron chi connectivity index (χ1n) is 6.26. The van der Waals surface area contributed by atoms with Crippen LogP contribution in [0.25, 0.3) is 0 Å². The molecule has 0 aliphatic rings. The molecule has 19 heavy (non-hydrogen) atoms. The maximum absolute atomic E-state index is 12.2. The van der Waals surface area contributed by atoms with Crippen molar-refractivity contribution < 1.29 is 13.2 Å². The molecule has 0 radical (unpaired) electrons. The van der Waals surface area contributed by atoms with Gasteiger partial charge in [-0.3, -0.25) is 0 Å². The quantitative estimate of drug-likeness (QED) is 0.769. The first-order valence-corrected chi connectivity index (χ1v) is 7.70. The minimum atomic E-state index is -3.42. The van der Waals surface area contributed by atoms with Gasteiger partial charge < -0.3 is 10.5 Å². The second kappa shape index (κ2) is 7.59. The Morgan fingerprint density at radius 1 is 1.26 bits per heavy atom. The molecule has 0 atom stereocenters. The van der Waals surface area contributed by atoms with E-state index in [1.807, 2.05) is 12.1 Å². The van der Waals surface area contributed by atoms with Crippen molar-refractivity contribution in [3.05, 3.63) is 29.8 Å². The van der Waals surface area contributed by atoms with E-state index in [2.05, 4.69) is 0 Å². The molecule has 0 fully saturated rings. The topological polar surface area (TPSA) is 72.6 Å². The standard InChI is InChI=1S/C13H22N2O3S/c1-15(10-11-18-2)19(16,17)13-7-5-12(6-8-13)4-3-9-14/h5-8H,3-4,9-11,14H2,1-2H3. The monoisotopic (exact) mass is 286 g/mol. The normalized spacial score (nSPS) is 12.0. The lowest BCUT2D eigenvalue weighted by Gasteiger charge is -2.16. The lowest BCUT2D eigenvalue weighted by atomic mass is 10.1. The van der Waals surface area contributed by atoms with Gasteiger partial charge in [0.25, 0.3) is 0 Å². The molecule has 5 nitrogen and oxygen atoms in total. The highest BCUT2D eigenvalue weighted by Gasteiger charge is 2.19. The molecule has 0 amide bonds. The van der Waals surface area contributed by atoms with Crippen LogP contribution in [0.15, 0.2) is 29.2 Å². The number of nitrogens with two attached hydrogens (primary N) is 1. The highest BCUT2D eigenvalue weighted by Crippen LogP contribution is 2.15. The van der Waals surface area contributed by atoms with E-state index in [4.69, 9.17) is 10.5 Å². The molecular weight excluding hydrogens is 264 g/mol. The summed E-state index contributed by atoms with van der Waals surface area (Å²) in [5.74, 6) is 0. The summed E-state index contributed by atoms with van der Waals surface area (Å²) < 4.78 is 30.6. The fourth-order valence-electron chi connectivity index (χ4n) is 1.65. The van der Waals surface area contributed by atoms with Crippen LogP contribution in [-0.4, -0.2) is 46.6 Å². The Morgan fingerprint density at radius 2 is 1.89 bits per heavy atom. The summed E-state index contributed by atoms with van der Waals surface area (Å²) in [5, 5.41) is 0. The smallest absolute Gasteiger partial charge is 0.242 e. The molecule has 2 N–H and O–H groups in total. The zero-order valence-corrected chi connectivity index (χ0v) is 12.3. The Hall–Kier alpha value is -0.950. The van der Waals surface area contributed by atoms with Crippen LogP contribution in [-0.2, 0) is 21.2 Å². The van der Waals surface area contributed by atoms with Gasteiger partial charge in [0.05, 0.1) is 11.5 Å². The first-order chi connectivity index (χ1) is 9.02. The van der Waals surface area contributed by atoms with Crippen LogP contribution >= 0.6 is 0 Å². The number of aryl methyl sites for hydroxylation is 1. The van der Waals surface area contributed by atoms with Gasteiger partial charge in [0, 0.05) is 20.7 Å². The van der Waals surface area contributed by atoms with Gasteiger partial charge in [-0.25, -0.2) is 8.42 Å². The average molecular weight is 286 g/mol. The van der Waals surface area contributed by atoms with Gasteiger partial charge in [0.15, 0.2) is 0 Å². The van der Waals surface area contributed by atoms with Crippen LogP contribution in [0.1, 0.15) is 12.0 Å². The van der Waals surface area contributed by atoms with Crippen LogP contribution < -0.4 is 5.73 Å². The molecule has 6 heteroatoms. The Labute approximate surface area is 115 Å². The van der Waals surface area contributed by atoms with Crippen molar-refractivity contribution in [3.63, 3.8) is 0 Å². The molecule has 1 rings (SSSR count). The van der Waals surface area contributed by atoms with Crippen molar-refractivity contribution >= 4 is 10.0 Å². The van der Waals surface area contributed by atoms with E-state index in [0.29, 0.717) is 24.6 Å². The maximum atomic E-state index is 12.2. The fourth-order valence-corrected chi connectivity index (χ4v) is 2.81. The predicted molar refractivity (Wildman–Crippen MR) is 75.5 cm³/mol. The number of sulfonamides is 1. The first kappa shape index (κ1) is 16.1. The van der Waals surface area contributed by atoms with E-state index in [1.165, 1.54) is 4.31 Å². The van der Waals surface area contributed by atoms with Crippen molar-refractivity contribution in [2.24, 2.45) is 5.73 Å². The Morgan fingerprint density at radius 3 is 2.42 bits per heavy atom. The predicted octanol–water partition coefficient (Wildman–Crippen LogP) is 0.845. The van der Waals surface area contributed by atoms with E-state index >= 15 is 0 Å². The van der Waals surface area contributed by atoms with Crippen LogP contribution in [0, 0.1) is 0 Å². The number of likely N-dealkylation sites (N-methyl/N-ethyl adjacent to an activating group) is 1. The molecule has 1 aromatic rings. The molecule has 0 heterocycles. The van der Waals surface area contributed by atoms with E-state index in [1.54, 1.807) is 26.3 Å². The van der Waals surface area contributed by atoms with Crippen molar-refractivity contribution in [1.82, 2.24) is 4.31 Å². The maximum Gasteiger partial charge on any atom is 0.242 e. The molecular formula is C13H22N2O3S. The molecule has 0 unspecified atom stereocenters. The van der Waals surface area contributed by atoms with E-state index in [9.17, 15) is 8.42 Å². The molecule has 1 aromatic carbocycles. The number of hydrogen-bond acceptors (Lipinski definition) is 4. The number of rotatable bonds is 8. The van der Waals surface area contributed by atoms with Crippen molar-refractivity contribution in [2.75, 3.05) is 33.9 Å². The molecule has 0 aliphatic heterocycles. The fraction of sp³-hybridized carbons (Fsp3) is 0.538. The number of nitrogens with zero attached hydrogens (tertiary/aromatic N) is 1. The number of methoxy groups -OCH3 is 1.